The van der Waals surface area contributed by atoms with Crippen molar-refractivity contribution in [3.63, 3.8) is 0 Å². The maximum atomic E-state index is 4.82. The highest BCUT2D eigenvalue weighted by Gasteiger charge is 2.18. The van der Waals surface area contributed by atoms with Crippen LogP contribution in [0.1, 0.15) is 27.8 Å². The Morgan fingerprint density at radius 1 is 1.00 bits per heavy atom. The molecule has 0 atom stereocenters. The van der Waals surface area contributed by atoms with E-state index in [1.807, 2.05) is 6.07 Å². The van der Waals surface area contributed by atoms with Crippen molar-refractivity contribution in [3.8, 4) is 0 Å². The zero-order valence-electron chi connectivity index (χ0n) is 12.6. The van der Waals surface area contributed by atoms with Crippen LogP contribution in [0.3, 0.4) is 0 Å². The van der Waals surface area contributed by atoms with Crippen molar-refractivity contribution in [1.29, 1.82) is 0 Å². The molecule has 5 heteroatoms. The van der Waals surface area contributed by atoms with E-state index >= 15 is 0 Å². The lowest BCUT2D eigenvalue weighted by atomic mass is 10.0. The molecule has 114 valence electrons. The number of nitrogens with zero attached hydrogens (tertiary/aromatic N) is 2. The maximum absolute atomic E-state index is 4.82. The van der Waals surface area contributed by atoms with Crippen LogP contribution in [0, 0.1) is 0 Å². The fraction of sp³-hybridized carbons (Fsp3) is 0.111. The minimum absolute atomic E-state index is 0.803. The summed E-state index contributed by atoms with van der Waals surface area (Å²) in [4.78, 5) is 7.06. The van der Waals surface area contributed by atoms with Crippen LogP contribution in [0.15, 0.2) is 63.3 Å². The zero-order valence-corrected chi connectivity index (χ0v) is 14.2. The minimum atomic E-state index is 0.803. The molecule has 1 aliphatic heterocycles. The molecule has 3 nitrogen and oxygen atoms in total. The standard InChI is InChI=1S/C18H15N3S2/c1-2-12-7-8-14-13(11-12)17(15-5-3-9-22-15)20-21-18(19-14)16-6-4-10-23-16/h3-11H,2H2,1H3,(H,19,21). The van der Waals surface area contributed by atoms with Gasteiger partial charge in [0.1, 0.15) is 5.71 Å². The molecule has 1 N–H and O–H groups in total. The van der Waals surface area contributed by atoms with Crippen molar-refractivity contribution in [3.05, 3.63) is 74.1 Å². The Balaban J connectivity index is 1.89. The first-order valence-corrected chi connectivity index (χ1v) is 9.24. The average molecular weight is 337 g/mol. The highest BCUT2D eigenvalue weighted by molar-refractivity contribution is 7.12. The van der Waals surface area contributed by atoms with Crippen molar-refractivity contribution < 1.29 is 0 Å². The molecule has 23 heavy (non-hydrogen) atoms. The second-order valence-corrected chi connectivity index (χ2v) is 7.09. The van der Waals surface area contributed by atoms with Crippen LogP contribution in [0.2, 0.25) is 0 Å². The van der Waals surface area contributed by atoms with Crippen LogP contribution in [0.5, 0.6) is 0 Å². The van der Waals surface area contributed by atoms with E-state index in [2.05, 4.69) is 64.6 Å². The molecule has 0 bridgehead atoms. The highest BCUT2D eigenvalue weighted by Crippen LogP contribution is 2.29. The number of rotatable bonds is 3. The Morgan fingerprint density at radius 2 is 1.78 bits per heavy atom. The fourth-order valence-corrected chi connectivity index (χ4v) is 3.92. The van der Waals surface area contributed by atoms with Crippen LogP contribution in [0.25, 0.3) is 0 Å². The Bertz CT molecular complexity index is 875. The van der Waals surface area contributed by atoms with Crippen molar-refractivity contribution in [2.45, 2.75) is 13.3 Å². The first kappa shape index (κ1) is 14.4. The third kappa shape index (κ3) is 2.73. The summed E-state index contributed by atoms with van der Waals surface area (Å²) in [6.07, 6.45) is 1.000. The fourth-order valence-electron chi connectivity index (χ4n) is 2.53. The highest BCUT2D eigenvalue weighted by atomic mass is 32.1. The van der Waals surface area contributed by atoms with Crippen molar-refractivity contribution >= 4 is 39.9 Å². The summed E-state index contributed by atoms with van der Waals surface area (Å²) >= 11 is 3.36. The molecule has 0 saturated heterocycles. The molecular weight excluding hydrogens is 322 g/mol. The van der Waals surface area contributed by atoms with Gasteiger partial charge in [0.15, 0.2) is 5.84 Å². The molecule has 0 unspecified atom stereocenters. The van der Waals surface area contributed by atoms with E-state index < -0.39 is 0 Å². The van der Waals surface area contributed by atoms with Crippen LogP contribution < -0.4 is 5.43 Å². The van der Waals surface area contributed by atoms with Gasteiger partial charge in [-0.25, -0.2) is 4.99 Å². The number of hydrogen-bond donors (Lipinski definition) is 1. The van der Waals surface area contributed by atoms with E-state index in [9.17, 15) is 0 Å². The predicted molar refractivity (Wildman–Crippen MR) is 99.4 cm³/mol. The van der Waals surface area contributed by atoms with Gasteiger partial charge in [0.05, 0.1) is 15.4 Å². The monoisotopic (exact) mass is 337 g/mol. The Kier molecular flexibility index (Phi) is 3.81. The van der Waals surface area contributed by atoms with E-state index in [-0.39, 0.29) is 0 Å². The largest absolute Gasteiger partial charge is 0.260 e. The van der Waals surface area contributed by atoms with Crippen LogP contribution in [0.4, 0.5) is 5.69 Å². The summed E-state index contributed by atoms with van der Waals surface area (Å²) in [6, 6.07) is 14.7. The third-order valence-electron chi connectivity index (χ3n) is 3.74. The molecule has 0 radical (unpaired) electrons. The van der Waals surface area contributed by atoms with Gasteiger partial charge < -0.3 is 0 Å². The number of fused-ring (bicyclic) bond motifs is 1. The molecule has 0 aliphatic carbocycles. The lowest BCUT2D eigenvalue weighted by molar-refractivity contribution is 1.03. The summed E-state index contributed by atoms with van der Waals surface area (Å²) in [5, 5.41) is 8.80. The molecule has 1 aromatic carbocycles. The van der Waals surface area contributed by atoms with Gasteiger partial charge in [0, 0.05) is 5.56 Å². The molecule has 0 fully saturated rings. The average Bonchev–Trinajstić information content (AvgIpc) is 3.26. The molecule has 0 saturated carbocycles. The van der Waals surface area contributed by atoms with Gasteiger partial charge in [-0.15, -0.1) is 22.7 Å². The van der Waals surface area contributed by atoms with E-state index in [1.165, 1.54) is 5.56 Å². The molecule has 2 aromatic heterocycles. The lowest BCUT2D eigenvalue weighted by Gasteiger charge is -2.07. The topological polar surface area (TPSA) is 36.8 Å². The van der Waals surface area contributed by atoms with E-state index in [0.29, 0.717) is 0 Å². The Labute approximate surface area is 143 Å². The van der Waals surface area contributed by atoms with Gasteiger partial charge in [-0.2, -0.15) is 5.10 Å². The van der Waals surface area contributed by atoms with Gasteiger partial charge in [0.25, 0.3) is 0 Å². The number of aliphatic imine (C=N–C) groups is 1. The summed E-state index contributed by atoms with van der Waals surface area (Å²) in [7, 11) is 0. The number of amidine groups is 1. The lowest BCUT2D eigenvalue weighted by Crippen LogP contribution is -2.18. The van der Waals surface area contributed by atoms with Gasteiger partial charge in [-0.3, -0.25) is 5.43 Å². The molecule has 3 aromatic rings. The number of thiophene rings is 2. The zero-order chi connectivity index (χ0) is 15.6. The summed E-state index contributed by atoms with van der Waals surface area (Å²) in [5.41, 5.74) is 7.46. The van der Waals surface area contributed by atoms with E-state index in [0.717, 1.165) is 39.0 Å². The van der Waals surface area contributed by atoms with Crippen molar-refractivity contribution in [2.24, 2.45) is 10.1 Å². The normalized spacial score (nSPS) is 13.6. The quantitative estimate of drug-likeness (QED) is 0.732. The SMILES string of the molecule is CCc1ccc2c(c1)C(c1cccs1)=NNC(c1cccs1)=N2. The summed E-state index contributed by atoms with van der Waals surface area (Å²) in [6.45, 7) is 2.17. The number of hydrogen-bond acceptors (Lipinski definition) is 5. The van der Waals surface area contributed by atoms with Crippen LogP contribution in [-0.4, -0.2) is 11.5 Å². The second kappa shape index (κ2) is 6.10. The maximum Gasteiger partial charge on any atom is 0.164 e. The molecule has 4 rings (SSSR count). The van der Waals surface area contributed by atoms with Crippen molar-refractivity contribution in [1.82, 2.24) is 5.43 Å². The number of benzene rings is 1. The summed E-state index contributed by atoms with van der Waals surface area (Å²) < 4.78 is 0. The number of hydrazone groups is 1. The van der Waals surface area contributed by atoms with E-state index in [4.69, 9.17) is 4.99 Å². The van der Waals surface area contributed by atoms with Gasteiger partial charge in [-0.1, -0.05) is 25.1 Å². The van der Waals surface area contributed by atoms with Crippen LogP contribution >= 0.6 is 22.7 Å². The Morgan fingerprint density at radius 3 is 2.48 bits per heavy atom. The van der Waals surface area contributed by atoms with Gasteiger partial charge >= 0.3 is 0 Å². The van der Waals surface area contributed by atoms with Crippen LogP contribution in [-0.2, 0) is 6.42 Å². The molecule has 0 amide bonds. The third-order valence-corrected chi connectivity index (χ3v) is 5.49. The second-order valence-electron chi connectivity index (χ2n) is 5.19. The predicted octanol–water partition coefficient (Wildman–Crippen LogP) is 4.81. The molecule has 3 heterocycles. The number of nitrogens with one attached hydrogen (secondary N) is 1. The summed E-state index contributed by atoms with van der Waals surface area (Å²) in [5.74, 6) is 0.803. The van der Waals surface area contributed by atoms with Gasteiger partial charge in [-0.05, 0) is 47.0 Å². The smallest absolute Gasteiger partial charge is 0.164 e. The Hall–Kier alpha value is -2.24. The first-order valence-electron chi connectivity index (χ1n) is 7.48. The van der Waals surface area contributed by atoms with Crippen molar-refractivity contribution in [2.75, 3.05) is 0 Å². The molecule has 1 aliphatic rings. The minimum Gasteiger partial charge on any atom is -0.260 e. The van der Waals surface area contributed by atoms with Gasteiger partial charge in [0.2, 0.25) is 0 Å². The first-order chi connectivity index (χ1) is 11.3. The molecular formula is C18H15N3S2. The molecule has 0 spiro atoms. The van der Waals surface area contributed by atoms with E-state index in [1.54, 1.807) is 22.7 Å². The number of aryl methyl sites for hydroxylation is 1.